The summed E-state index contributed by atoms with van der Waals surface area (Å²) in [6.07, 6.45) is 9.96. The molecule has 0 amide bonds. The van der Waals surface area contributed by atoms with Gasteiger partial charge in [0.15, 0.2) is 0 Å². The molecule has 1 aliphatic rings. The number of rotatable bonds is 6. The third kappa shape index (κ3) is 3.61. The van der Waals surface area contributed by atoms with E-state index in [0.29, 0.717) is 24.3 Å². The fourth-order valence-electron chi connectivity index (χ4n) is 3.55. The lowest BCUT2D eigenvalue weighted by molar-refractivity contribution is 0.288. The van der Waals surface area contributed by atoms with Crippen LogP contribution in [0.2, 0.25) is 0 Å². The third-order valence-corrected chi connectivity index (χ3v) is 5.29. The van der Waals surface area contributed by atoms with Crippen LogP contribution in [0.1, 0.15) is 18.0 Å². The lowest BCUT2D eigenvalue weighted by Crippen LogP contribution is -2.04. The Labute approximate surface area is 168 Å². The number of ether oxygens (including phenoxy) is 2. The zero-order valence-electron chi connectivity index (χ0n) is 16.0. The molecule has 2 atom stereocenters. The second-order valence-corrected chi connectivity index (χ2v) is 7.19. The summed E-state index contributed by atoms with van der Waals surface area (Å²) < 4.78 is 11.4. The Hall–Kier alpha value is -3.54. The lowest BCUT2D eigenvalue weighted by Gasteiger charge is -2.12. The van der Waals surface area contributed by atoms with Crippen LogP contribution in [0.3, 0.4) is 0 Å². The highest BCUT2D eigenvalue weighted by molar-refractivity contribution is 5.85. The van der Waals surface area contributed by atoms with E-state index in [4.69, 9.17) is 14.5 Å². The van der Waals surface area contributed by atoms with Gasteiger partial charge in [0.05, 0.1) is 31.6 Å². The summed E-state index contributed by atoms with van der Waals surface area (Å²) in [5.74, 6) is 2.25. The van der Waals surface area contributed by atoms with Crippen molar-refractivity contribution in [1.29, 1.82) is 0 Å². The topological polar surface area (TPSA) is 70.0 Å². The van der Waals surface area contributed by atoms with E-state index in [0.717, 1.165) is 39.9 Å². The predicted molar refractivity (Wildman–Crippen MR) is 110 cm³/mol. The minimum atomic E-state index is 0.421. The van der Waals surface area contributed by atoms with Gasteiger partial charge >= 0.3 is 0 Å². The normalized spacial score (nSPS) is 17.8. The summed E-state index contributed by atoms with van der Waals surface area (Å²) in [6, 6.07) is 12.0. The molecule has 0 spiro atoms. The van der Waals surface area contributed by atoms with Gasteiger partial charge in [0.25, 0.3) is 0 Å². The lowest BCUT2D eigenvalue weighted by atomic mass is 10.1. The van der Waals surface area contributed by atoms with Gasteiger partial charge in [-0.1, -0.05) is 6.07 Å². The van der Waals surface area contributed by atoms with Crippen LogP contribution < -0.4 is 9.47 Å². The Balaban J connectivity index is 1.37. The number of hydrogen-bond acceptors (Lipinski definition) is 6. The highest BCUT2D eigenvalue weighted by Crippen LogP contribution is 2.47. The standard InChI is InChI=1S/C23H20N4O2/c1-28-18-4-5-21(26-12-18)19-10-17(19)14-29-23-20(16-3-2-7-24-11-16)9-15-6-8-25-13-22(15)27-23/h2-9,11-13,17,19H,10,14H2,1H3/t17-,19+/m1/s1. The van der Waals surface area contributed by atoms with Crippen molar-refractivity contribution in [2.45, 2.75) is 12.3 Å². The molecule has 144 valence electrons. The van der Waals surface area contributed by atoms with Crippen LogP contribution in [-0.4, -0.2) is 33.7 Å². The van der Waals surface area contributed by atoms with Crippen molar-refractivity contribution in [2.24, 2.45) is 5.92 Å². The molecule has 0 aromatic carbocycles. The molecule has 6 nitrogen and oxygen atoms in total. The predicted octanol–water partition coefficient (Wildman–Crippen LogP) is 4.28. The monoisotopic (exact) mass is 384 g/mol. The molecule has 4 aromatic rings. The van der Waals surface area contributed by atoms with E-state index in [9.17, 15) is 0 Å². The maximum Gasteiger partial charge on any atom is 0.222 e. The number of methoxy groups -OCH3 is 1. The highest BCUT2D eigenvalue weighted by Gasteiger charge is 2.40. The van der Waals surface area contributed by atoms with Gasteiger partial charge in [0, 0.05) is 52.6 Å². The molecular weight excluding hydrogens is 364 g/mol. The molecule has 5 rings (SSSR count). The molecule has 0 N–H and O–H groups in total. The van der Waals surface area contributed by atoms with Gasteiger partial charge in [-0.05, 0) is 36.8 Å². The largest absolute Gasteiger partial charge is 0.495 e. The van der Waals surface area contributed by atoms with Crippen LogP contribution in [0.15, 0.2) is 67.4 Å². The maximum absolute atomic E-state index is 6.20. The van der Waals surface area contributed by atoms with Crippen molar-refractivity contribution in [1.82, 2.24) is 19.9 Å². The van der Waals surface area contributed by atoms with Crippen molar-refractivity contribution in [2.75, 3.05) is 13.7 Å². The molecule has 1 aliphatic carbocycles. The zero-order chi connectivity index (χ0) is 19.6. The van der Waals surface area contributed by atoms with Gasteiger partial charge in [0.1, 0.15) is 5.75 Å². The summed E-state index contributed by atoms with van der Waals surface area (Å²) in [5.41, 5.74) is 3.83. The molecule has 0 aliphatic heterocycles. The molecule has 6 heteroatoms. The molecule has 0 bridgehead atoms. The van der Waals surface area contributed by atoms with Gasteiger partial charge in [0.2, 0.25) is 5.88 Å². The second-order valence-electron chi connectivity index (χ2n) is 7.19. The first kappa shape index (κ1) is 17.6. The number of fused-ring (bicyclic) bond motifs is 1. The van der Waals surface area contributed by atoms with E-state index in [1.54, 1.807) is 31.9 Å². The molecule has 1 saturated carbocycles. The minimum Gasteiger partial charge on any atom is -0.495 e. The summed E-state index contributed by atoms with van der Waals surface area (Å²) in [4.78, 5) is 17.7. The second kappa shape index (κ2) is 7.47. The van der Waals surface area contributed by atoms with Crippen molar-refractivity contribution < 1.29 is 9.47 Å². The summed E-state index contributed by atoms with van der Waals surface area (Å²) in [6.45, 7) is 0.602. The molecule has 4 aromatic heterocycles. The highest BCUT2D eigenvalue weighted by atomic mass is 16.5. The molecule has 0 saturated heterocycles. The van der Waals surface area contributed by atoms with Gasteiger partial charge in [-0.25, -0.2) is 4.98 Å². The maximum atomic E-state index is 6.20. The van der Waals surface area contributed by atoms with Gasteiger partial charge in [-0.2, -0.15) is 0 Å². The first-order valence-electron chi connectivity index (χ1n) is 9.60. The molecule has 1 fully saturated rings. The van der Waals surface area contributed by atoms with Crippen LogP contribution in [-0.2, 0) is 0 Å². The SMILES string of the molecule is COc1ccc([C@H]2C[C@@H]2COc2nc3cnccc3cc2-c2cccnc2)nc1. The average molecular weight is 384 g/mol. The Morgan fingerprint density at radius 2 is 1.97 bits per heavy atom. The smallest absolute Gasteiger partial charge is 0.222 e. The number of hydrogen-bond donors (Lipinski definition) is 0. The van der Waals surface area contributed by atoms with Gasteiger partial charge in [-0.3, -0.25) is 15.0 Å². The number of nitrogens with zero attached hydrogens (tertiary/aromatic N) is 4. The van der Waals surface area contributed by atoms with E-state index < -0.39 is 0 Å². The molecular formula is C23H20N4O2. The first-order valence-corrected chi connectivity index (χ1v) is 9.60. The van der Waals surface area contributed by atoms with Crippen LogP contribution in [0.5, 0.6) is 11.6 Å². The van der Waals surface area contributed by atoms with E-state index >= 15 is 0 Å². The molecule has 0 radical (unpaired) electrons. The van der Waals surface area contributed by atoms with Crippen molar-refractivity contribution in [3.05, 3.63) is 73.1 Å². The molecule has 0 unspecified atom stereocenters. The average Bonchev–Trinajstić information content (AvgIpc) is 3.57. The summed E-state index contributed by atoms with van der Waals surface area (Å²) in [7, 11) is 1.65. The van der Waals surface area contributed by atoms with Gasteiger partial charge < -0.3 is 9.47 Å². The fourth-order valence-corrected chi connectivity index (χ4v) is 3.55. The Bertz CT molecular complexity index is 1130. The molecule has 29 heavy (non-hydrogen) atoms. The number of pyridine rings is 4. The Morgan fingerprint density at radius 1 is 1.03 bits per heavy atom. The van der Waals surface area contributed by atoms with E-state index in [1.165, 1.54) is 0 Å². The molecule has 4 heterocycles. The van der Waals surface area contributed by atoms with Crippen molar-refractivity contribution in [3.8, 4) is 22.8 Å². The van der Waals surface area contributed by atoms with Crippen LogP contribution in [0.4, 0.5) is 0 Å². The van der Waals surface area contributed by atoms with Crippen LogP contribution in [0.25, 0.3) is 22.0 Å². The quantitative estimate of drug-likeness (QED) is 0.494. The van der Waals surface area contributed by atoms with Crippen LogP contribution in [0, 0.1) is 5.92 Å². The van der Waals surface area contributed by atoms with Gasteiger partial charge in [-0.15, -0.1) is 0 Å². The minimum absolute atomic E-state index is 0.421. The Kier molecular flexibility index (Phi) is 4.52. The van der Waals surface area contributed by atoms with Crippen molar-refractivity contribution in [3.63, 3.8) is 0 Å². The number of aromatic nitrogens is 4. The fraction of sp³-hybridized carbons (Fsp3) is 0.217. The first-order chi connectivity index (χ1) is 14.3. The zero-order valence-corrected chi connectivity index (χ0v) is 16.0. The third-order valence-electron chi connectivity index (χ3n) is 5.29. The summed E-state index contributed by atoms with van der Waals surface area (Å²) >= 11 is 0. The van der Waals surface area contributed by atoms with Crippen LogP contribution >= 0.6 is 0 Å². The van der Waals surface area contributed by atoms with E-state index in [1.807, 2.05) is 36.5 Å². The summed E-state index contributed by atoms with van der Waals surface area (Å²) in [5, 5.41) is 1.03. The Morgan fingerprint density at radius 3 is 2.76 bits per heavy atom. The van der Waals surface area contributed by atoms with E-state index in [-0.39, 0.29) is 0 Å². The van der Waals surface area contributed by atoms with E-state index in [2.05, 4.69) is 21.0 Å². The van der Waals surface area contributed by atoms with Crippen molar-refractivity contribution >= 4 is 10.9 Å².